The summed E-state index contributed by atoms with van der Waals surface area (Å²) in [6.07, 6.45) is 0.911. The Balaban J connectivity index is 1.61. The molecule has 0 spiro atoms. The highest BCUT2D eigenvalue weighted by Gasteiger charge is 2.46. The Labute approximate surface area is 228 Å². The van der Waals surface area contributed by atoms with Gasteiger partial charge in [-0.15, -0.1) is 0 Å². The lowest BCUT2D eigenvalue weighted by Crippen LogP contribution is -2.47. The fraction of sp³-hybridized carbons (Fsp3) is 0.414. The van der Waals surface area contributed by atoms with Crippen molar-refractivity contribution < 1.29 is 33.4 Å². The van der Waals surface area contributed by atoms with Crippen LogP contribution in [0.4, 0.5) is 4.39 Å². The third-order valence-corrected chi connectivity index (χ3v) is 8.55. The molecule has 0 saturated heterocycles. The molecule has 3 aliphatic rings. The number of hydrogen-bond acceptors (Lipinski definition) is 8. The van der Waals surface area contributed by atoms with Crippen LogP contribution >= 0.6 is 0 Å². The molecule has 2 N–H and O–H groups in total. The first-order valence-corrected chi connectivity index (χ1v) is 13.2. The summed E-state index contributed by atoms with van der Waals surface area (Å²) in [6.45, 7) is 5.82. The molecule has 6 rings (SSSR count). The fourth-order valence-electron chi connectivity index (χ4n) is 6.45. The molecule has 2 aliphatic heterocycles. The highest BCUT2D eigenvalue weighted by Crippen LogP contribution is 2.47. The van der Waals surface area contributed by atoms with Gasteiger partial charge in [-0.05, 0) is 55.9 Å². The number of carbonyl (C=O) groups is 3. The van der Waals surface area contributed by atoms with Crippen LogP contribution in [-0.2, 0) is 54.6 Å². The van der Waals surface area contributed by atoms with Crippen LogP contribution < -0.4 is 10.9 Å². The van der Waals surface area contributed by atoms with E-state index in [4.69, 9.17) is 14.5 Å². The second kappa shape index (κ2) is 8.69. The maximum absolute atomic E-state index is 15.1. The second-order valence-corrected chi connectivity index (χ2v) is 10.9. The third-order valence-electron chi connectivity index (χ3n) is 8.55. The van der Waals surface area contributed by atoms with E-state index >= 15 is 4.39 Å². The van der Waals surface area contributed by atoms with Gasteiger partial charge in [0.25, 0.3) is 11.5 Å². The fourth-order valence-corrected chi connectivity index (χ4v) is 6.45. The number of ether oxygens (including phenoxy) is 2. The molecule has 11 heteroatoms. The lowest BCUT2D eigenvalue weighted by atomic mass is 9.74. The van der Waals surface area contributed by atoms with Crippen LogP contribution in [0.15, 0.2) is 16.9 Å². The van der Waals surface area contributed by atoms with E-state index in [0.29, 0.717) is 51.8 Å². The maximum Gasteiger partial charge on any atom is 0.343 e. The van der Waals surface area contributed by atoms with E-state index in [-0.39, 0.29) is 30.7 Å². The Morgan fingerprint density at radius 1 is 1.25 bits per heavy atom. The number of hydrogen-bond donors (Lipinski definition) is 2. The minimum absolute atomic E-state index is 0.00523. The molecule has 40 heavy (non-hydrogen) atoms. The van der Waals surface area contributed by atoms with Gasteiger partial charge in [0.2, 0.25) is 0 Å². The van der Waals surface area contributed by atoms with Gasteiger partial charge < -0.3 is 24.5 Å². The average molecular weight is 550 g/mol. The van der Waals surface area contributed by atoms with Crippen LogP contribution in [0.1, 0.15) is 67.0 Å². The molecule has 0 unspecified atom stereocenters. The number of rotatable bonds is 4. The Morgan fingerprint density at radius 2 is 2.00 bits per heavy atom. The van der Waals surface area contributed by atoms with Gasteiger partial charge in [-0.3, -0.25) is 14.4 Å². The third kappa shape index (κ3) is 3.53. The van der Waals surface area contributed by atoms with Gasteiger partial charge in [0, 0.05) is 29.5 Å². The number of aromatic nitrogens is 2. The van der Waals surface area contributed by atoms with E-state index in [1.165, 1.54) is 17.6 Å². The number of esters is 2. The van der Waals surface area contributed by atoms with Crippen molar-refractivity contribution in [2.75, 3.05) is 6.61 Å². The number of benzene rings is 1. The zero-order valence-electron chi connectivity index (χ0n) is 22.6. The first kappa shape index (κ1) is 26.1. The van der Waals surface area contributed by atoms with Crippen molar-refractivity contribution in [3.05, 3.63) is 61.7 Å². The number of pyridine rings is 2. The van der Waals surface area contributed by atoms with Gasteiger partial charge in [-0.25, -0.2) is 14.2 Å². The highest BCUT2D eigenvalue weighted by molar-refractivity contribution is 5.94. The molecular weight excluding hydrogens is 521 g/mol. The quantitative estimate of drug-likeness (QED) is 0.370. The summed E-state index contributed by atoms with van der Waals surface area (Å²) in [5.74, 6) is -2.31. The predicted octanol–water partition coefficient (Wildman–Crippen LogP) is 2.37. The van der Waals surface area contributed by atoms with Gasteiger partial charge in [0.15, 0.2) is 12.2 Å². The lowest BCUT2D eigenvalue weighted by molar-refractivity contribution is -0.172. The lowest BCUT2D eigenvalue weighted by Gasteiger charge is -2.38. The van der Waals surface area contributed by atoms with Crippen molar-refractivity contribution in [1.82, 2.24) is 14.9 Å². The first-order chi connectivity index (χ1) is 18.9. The highest BCUT2D eigenvalue weighted by atomic mass is 19.1. The SMILES string of the molecule is CC[C@@]1(O)C(=O)OCc2c1cc1n(c2=O)Cc2c-1nc1cc(F)c(C)c3c1c2[C@@](C)(NC(=O)COC(C)=O)CC3. The summed E-state index contributed by atoms with van der Waals surface area (Å²) in [5.41, 5.74) is 0.878. The van der Waals surface area contributed by atoms with Crippen molar-refractivity contribution in [3.63, 3.8) is 0 Å². The second-order valence-electron chi connectivity index (χ2n) is 10.9. The van der Waals surface area contributed by atoms with Gasteiger partial charge in [-0.1, -0.05) is 6.92 Å². The van der Waals surface area contributed by atoms with Crippen LogP contribution in [0, 0.1) is 12.7 Å². The topological polar surface area (TPSA) is 137 Å². The molecule has 0 bridgehead atoms. The van der Waals surface area contributed by atoms with E-state index in [0.717, 1.165) is 5.56 Å². The molecule has 0 saturated carbocycles. The van der Waals surface area contributed by atoms with Crippen molar-refractivity contribution in [2.24, 2.45) is 0 Å². The molecule has 2 aromatic heterocycles. The Bertz CT molecular complexity index is 1750. The van der Waals surface area contributed by atoms with Crippen molar-refractivity contribution in [2.45, 2.75) is 71.2 Å². The van der Waals surface area contributed by atoms with E-state index in [9.17, 15) is 24.3 Å². The number of amides is 1. The van der Waals surface area contributed by atoms with Crippen LogP contribution in [-0.4, -0.2) is 39.1 Å². The predicted molar refractivity (Wildman–Crippen MR) is 140 cm³/mol. The standard InChI is InChI=1S/C29H28FN3O7/c1-5-29(38)18-8-21-25-16(10-33(21)26(36)17(18)11-40-27(29)37)24-23-15(13(2)19(30)9-20(23)31-25)6-7-28(24,4)32-22(35)12-39-14(3)34/h8-9,38H,5-7,10-12H2,1-4H3,(H,32,35)/t28-,29-/m0/s1. The summed E-state index contributed by atoms with van der Waals surface area (Å²) in [4.78, 5) is 55.2. The van der Waals surface area contributed by atoms with Crippen molar-refractivity contribution in [1.29, 1.82) is 0 Å². The average Bonchev–Trinajstić information content (AvgIpc) is 3.27. The molecule has 1 aliphatic carbocycles. The number of nitrogens with zero attached hydrogens (tertiary/aromatic N) is 2. The molecule has 0 fully saturated rings. The zero-order chi connectivity index (χ0) is 28.7. The van der Waals surface area contributed by atoms with E-state index < -0.39 is 47.0 Å². The zero-order valence-corrected chi connectivity index (χ0v) is 22.6. The molecule has 10 nitrogen and oxygen atoms in total. The maximum atomic E-state index is 15.1. The molecule has 0 radical (unpaired) electrons. The largest absolute Gasteiger partial charge is 0.458 e. The molecule has 4 heterocycles. The molecular formula is C29H28FN3O7. The molecule has 3 aromatic rings. The van der Waals surface area contributed by atoms with Crippen molar-refractivity contribution in [3.8, 4) is 11.4 Å². The van der Waals surface area contributed by atoms with E-state index in [1.54, 1.807) is 19.9 Å². The molecule has 2 atom stereocenters. The van der Waals surface area contributed by atoms with Crippen LogP contribution in [0.3, 0.4) is 0 Å². The number of cyclic esters (lactones) is 1. The van der Waals surface area contributed by atoms with Crippen molar-refractivity contribution >= 4 is 28.7 Å². The minimum atomic E-state index is -1.98. The normalized spacial score (nSPS) is 22.3. The number of halogens is 1. The van der Waals surface area contributed by atoms with Gasteiger partial charge in [0.1, 0.15) is 12.4 Å². The van der Waals surface area contributed by atoms with Gasteiger partial charge >= 0.3 is 11.9 Å². The number of aryl methyl sites for hydroxylation is 1. The van der Waals surface area contributed by atoms with Crippen LogP contribution in [0.25, 0.3) is 22.3 Å². The summed E-state index contributed by atoms with van der Waals surface area (Å²) >= 11 is 0. The Hall–Kier alpha value is -4.12. The summed E-state index contributed by atoms with van der Waals surface area (Å²) < 4.78 is 26.6. The smallest absolute Gasteiger partial charge is 0.343 e. The number of fused-ring (bicyclic) bond motifs is 5. The summed E-state index contributed by atoms with van der Waals surface area (Å²) in [6, 6.07) is 2.95. The number of nitrogens with one attached hydrogen (secondary N) is 1. The van der Waals surface area contributed by atoms with Gasteiger partial charge in [-0.2, -0.15) is 0 Å². The van der Waals surface area contributed by atoms with Crippen LogP contribution in [0.5, 0.6) is 0 Å². The molecule has 208 valence electrons. The Morgan fingerprint density at radius 3 is 2.70 bits per heavy atom. The van der Waals surface area contributed by atoms with Crippen LogP contribution in [0.2, 0.25) is 0 Å². The summed E-state index contributed by atoms with van der Waals surface area (Å²) in [7, 11) is 0. The van der Waals surface area contributed by atoms with Gasteiger partial charge in [0.05, 0.1) is 34.6 Å². The molecule has 1 amide bonds. The number of aliphatic hydroxyl groups is 1. The number of carbonyl (C=O) groups excluding carboxylic acids is 3. The first-order valence-electron chi connectivity index (χ1n) is 13.2. The monoisotopic (exact) mass is 549 g/mol. The molecule has 1 aromatic carbocycles. The van der Waals surface area contributed by atoms with E-state index in [2.05, 4.69) is 5.32 Å². The van der Waals surface area contributed by atoms with E-state index in [1.807, 2.05) is 6.92 Å². The Kier molecular flexibility index (Phi) is 5.67. The summed E-state index contributed by atoms with van der Waals surface area (Å²) in [5, 5.41) is 14.9. The minimum Gasteiger partial charge on any atom is -0.458 e.